The van der Waals surface area contributed by atoms with E-state index < -0.39 is 0 Å². The lowest BCUT2D eigenvalue weighted by Crippen LogP contribution is -3.14. The van der Waals surface area contributed by atoms with Crippen LogP contribution in [0.15, 0.2) is 18.2 Å². The Kier molecular flexibility index (Phi) is 6.79. The van der Waals surface area contributed by atoms with Gasteiger partial charge in [0, 0.05) is 0 Å². The summed E-state index contributed by atoms with van der Waals surface area (Å²) >= 11 is 17.0. The number of hydrogen-bond acceptors (Lipinski definition) is 3. The number of benzene rings is 1. The summed E-state index contributed by atoms with van der Waals surface area (Å²) in [5, 5.41) is 4.74. The van der Waals surface area contributed by atoms with Crippen molar-refractivity contribution in [2.24, 2.45) is 0 Å². The zero-order valence-electron chi connectivity index (χ0n) is 11.5. The van der Waals surface area contributed by atoms with Crippen LogP contribution in [0.5, 0.6) is 0 Å². The van der Waals surface area contributed by atoms with Gasteiger partial charge in [-0.15, -0.1) is 0 Å². The van der Waals surface area contributed by atoms with Crippen LogP contribution in [-0.4, -0.2) is 44.5 Å². The van der Waals surface area contributed by atoms with Gasteiger partial charge in [0.2, 0.25) is 0 Å². The number of hydrazine groups is 1. The van der Waals surface area contributed by atoms with E-state index in [-0.39, 0.29) is 0 Å². The highest BCUT2D eigenvalue weighted by Gasteiger charge is 2.12. The van der Waals surface area contributed by atoms with Gasteiger partial charge in [0.05, 0.1) is 42.0 Å². The SMILES string of the molecule is S=C(NCC[NH+]1CCOCC1)NNc1ccc(Cl)c(Cl)c1. The van der Waals surface area contributed by atoms with Gasteiger partial charge < -0.3 is 15.0 Å². The highest BCUT2D eigenvalue weighted by Crippen LogP contribution is 2.24. The molecule has 0 bridgehead atoms. The summed E-state index contributed by atoms with van der Waals surface area (Å²) in [6, 6.07) is 5.28. The molecule has 0 aromatic heterocycles. The average molecular weight is 350 g/mol. The van der Waals surface area contributed by atoms with Gasteiger partial charge in [-0.2, -0.15) is 0 Å². The molecule has 0 unspecified atom stereocenters. The Balaban J connectivity index is 1.63. The van der Waals surface area contributed by atoms with E-state index in [0.717, 1.165) is 45.1 Å². The van der Waals surface area contributed by atoms with E-state index in [9.17, 15) is 0 Å². The number of quaternary nitrogens is 1. The molecule has 8 heteroatoms. The third kappa shape index (κ3) is 5.84. The molecule has 21 heavy (non-hydrogen) atoms. The summed E-state index contributed by atoms with van der Waals surface area (Å²) in [6.07, 6.45) is 0. The first-order valence-electron chi connectivity index (χ1n) is 6.81. The van der Waals surface area contributed by atoms with Crippen LogP contribution < -0.4 is 21.1 Å². The van der Waals surface area contributed by atoms with Gasteiger partial charge in [0.25, 0.3) is 0 Å². The molecule has 0 aliphatic carbocycles. The molecule has 0 saturated carbocycles. The van der Waals surface area contributed by atoms with Crippen LogP contribution in [0.4, 0.5) is 5.69 Å². The number of rotatable bonds is 5. The Hall–Kier alpha value is -0.790. The van der Waals surface area contributed by atoms with Crippen molar-refractivity contribution in [3.05, 3.63) is 28.2 Å². The van der Waals surface area contributed by atoms with Gasteiger partial charge in [-0.25, -0.2) is 0 Å². The smallest absolute Gasteiger partial charge is 0.185 e. The van der Waals surface area contributed by atoms with Gasteiger partial charge >= 0.3 is 0 Å². The monoisotopic (exact) mass is 349 g/mol. The van der Waals surface area contributed by atoms with E-state index in [1.807, 2.05) is 6.07 Å². The molecule has 1 aliphatic rings. The third-order valence-electron chi connectivity index (χ3n) is 3.20. The second-order valence-electron chi connectivity index (χ2n) is 4.75. The molecule has 116 valence electrons. The lowest BCUT2D eigenvalue weighted by molar-refractivity contribution is -0.906. The molecule has 1 aliphatic heterocycles. The second kappa shape index (κ2) is 8.60. The second-order valence-corrected chi connectivity index (χ2v) is 5.97. The van der Waals surface area contributed by atoms with Crippen LogP contribution in [0.2, 0.25) is 10.0 Å². The average Bonchev–Trinajstić information content (AvgIpc) is 2.49. The first-order valence-corrected chi connectivity index (χ1v) is 7.98. The van der Waals surface area contributed by atoms with Gasteiger partial charge in [-0.05, 0) is 30.4 Å². The largest absolute Gasteiger partial charge is 0.370 e. The maximum Gasteiger partial charge on any atom is 0.185 e. The van der Waals surface area contributed by atoms with Crippen LogP contribution in [0, 0.1) is 0 Å². The lowest BCUT2D eigenvalue weighted by Gasteiger charge is -2.24. The number of hydrogen-bond donors (Lipinski definition) is 4. The van der Waals surface area contributed by atoms with Crippen molar-refractivity contribution >= 4 is 46.2 Å². The molecular weight excluding hydrogens is 331 g/mol. The maximum absolute atomic E-state index is 5.94. The summed E-state index contributed by atoms with van der Waals surface area (Å²) in [7, 11) is 0. The van der Waals surface area contributed by atoms with Crippen LogP contribution in [0.25, 0.3) is 0 Å². The van der Waals surface area contributed by atoms with Crippen molar-refractivity contribution in [2.45, 2.75) is 0 Å². The molecule has 1 saturated heterocycles. The number of thiocarbonyl (C=S) groups is 1. The van der Waals surface area contributed by atoms with Gasteiger partial charge in [0.15, 0.2) is 5.11 Å². The highest BCUT2D eigenvalue weighted by atomic mass is 35.5. The molecule has 4 N–H and O–H groups in total. The fraction of sp³-hybridized carbons (Fsp3) is 0.462. The zero-order valence-corrected chi connectivity index (χ0v) is 13.9. The van der Waals surface area contributed by atoms with Crippen LogP contribution in [0.3, 0.4) is 0 Å². The molecule has 0 atom stereocenters. The fourth-order valence-electron chi connectivity index (χ4n) is 2.01. The first kappa shape index (κ1) is 16.6. The van der Waals surface area contributed by atoms with E-state index >= 15 is 0 Å². The van der Waals surface area contributed by atoms with Crippen molar-refractivity contribution in [2.75, 3.05) is 44.8 Å². The van der Waals surface area contributed by atoms with Crippen molar-refractivity contribution in [3.8, 4) is 0 Å². The molecule has 0 amide bonds. The minimum Gasteiger partial charge on any atom is -0.370 e. The van der Waals surface area contributed by atoms with E-state index in [1.54, 1.807) is 12.1 Å². The van der Waals surface area contributed by atoms with E-state index in [1.165, 1.54) is 4.90 Å². The van der Waals surface area contributed by atoms with Crippen LogP contribution in [0.1, 0.15) is 0 Å². The van der Waals surface area contributed by atoms with Crippen molar-refractivity contribution < 1.29 is 9.64 Å². The topological polar surface area (TPSA) is 49.8 Å². The summed E-state index contributed by atoms with van der Waals surface area (Å²) in [5.74, 6) is 0. The Labute approximate surface area is 139 Å². The first-order chi connectivity index (χ1) is 10.1. The van der Waals surface area contributed by atoms with E-state index in [0.29, 0.717) is 15.2 Å². The van der Waals surface area contributed by atoms with Crippen molar-refractivity contribution in [1.29, 1.82) is 0 Å². The molecule has 1 heterocycles. The van der Waals surface area contributed by atoms with Crippen LogP contribution >= 0.6 is 35.4 Å². The number of halogens is 2. The highest BCUT2D eigenvalue weighted by molar-refractivity contribution is 7.80. The third-order valence-corrected chi connectivity index (χ3v) is 4.19. The molecule has 0 radical (unpaired) electrons. The zero-order chi connectivity index (χ0) is 15.1. The van der Waals surface area contributed by atoms with Gasteiger partial charge in [-0.1, -0.05) is 23.2 Å². The molecule has 2 rings (SSSR count). The van der Waals surface area contributed by atoms with Gasteiger partial charge in [-0.3, -0.25) is 10.9 Å². The molecule has 1 aromatic rings. The standard InChI is InChI=1S/C13H18Cl2N4OS/c14-11-2-1-10(9-12(11)15)17-18-13(21)16-3-4-19-5-7-20-8-6-19/h1-2,9,17H,3-8H2,(H2,16,18,21)/p+1. The lowest BCUT2D eigenvalue weighted by atomic mass is 10.3. The number of nitrogens with one attached hydrogen (secondary N) is 4. The number of anilines is 1. The Morgan fingerprint density at radius 2 is 2.00 bits per heavy atom. The Morgan fingerprint density at radius 1 is 1.24 bits per heavy atom. The Morgan fingerprint density at radius 3 is 2.71 bits per heavy atom. The molecular formula is C13H19Cl2N4OS+. The summed E-state index contributed by atoms with van der Waals surface area (Å²) in [5.41, 5.74) is 6.69. The van der Waals surface area contributed by atoms with Crippen LogP contribution in [-0.2, 0) is 4.74 Å². The maximum atomic E-state index is 5.94. The summed E-state index contributed by atoms with van der Waals surface area (Å²) < 4.78 is 5.32. The Bertz CT molecular complexity index is 483. The summed E-state index contributed by atoms with van der Waals surface area (Å²) in [4.78, 5) is 1.54. The predicted molar refractivity (Wildman–Crippen MR) is 90.2 cm³/mol. The van der Waals surface area contributed by atoms with Crippen molar-refractivity contribution in [3.63, 3.8) is 0 Å². The van der Waals surface area contributed by atoms with Crippen molar-refractivity contribution in [1.82, 2.24) is 10.7 Å². The summed E-state index contributed by atoms with van der Waals surface area (Å²) in [6.45, 7) is 5.66. The molecule has 0 spiro atoms. The fourth-order valence-corrected chi connectivity index (χ4v) is 2.46. The predicted octanol–water partition coefficient (Wildman–Crippen LogP) is 0.699. The number of ether oxygens (including phenoxy) is 1. The quantitative estimate of drug-likeness (QED) is 0.465. The minimum absolute atomic E-state index is 0.498. The van der Waals surface area contributed by atoms with E-state index in [2.05, 4.69) is 16.2 Å². The minimum atomic E-state index is 0.498. The molecule has 1 fully saturated rings. The normalized spacial score (nSPS) is 15.5. The molecule has 1 aromatic carbocycles. The number of morpholine rings is 1. The molecule has 5 nitrogen and oxygen atoms in total. The van der Waals surface area contributed by atoms with Gasteiger partial charge in [0.1, 0.15) is 13.1 Å². The van der Waals surface area contributed by atoms with E-state index in [4.69, 9.17) is 40.2 Å².